The lowest BCUT2D eigenvalue weighted by molar-refractivity contribution is -0.120. The molecule has 1 fully saturated rings. The van der Waals surface area contributed by atoms with Crippen LogP contribution in [0.4, 0.5) is 10.3 Å². The lowest BCUT2D eigenvalue weighted by Gasteiger charge is -2.21. The number of piperidine rings is 1. The number of imidazole rings is 1. The number of halogens is 1. The molecule has 1 aliphatic heterocycles. The summed E-state index contributed by atoms with van der Waals surface area (Å²) in [7, 11) is 1.81. The summed E-state index contributed by atoms with van der Waals surface area (Å²) < 4.78 is 15.0. The molecule has 1 amide bonds. The number of rotatable bonds is 2. The van der Waals surface area contributed by atoms with E-state index in [1.807, 2.05) is 7.05 Å². The molecule has 0 atom stereocenters. The Labute approximate surface area is 116 Å². The van der Waals surface area contributed by atoms with Crippen molar-refractivity contribution in [1.29, 1.82) is 0 Å². The summed E-state index contributed by atoms with van der Waals surface area (Å²) in [5.41, 5.74) is 1.35. The van der Waals surface area contributed by atoms with Gasteiger partial charge in [0.25, 0.3) is 0 Å². The van der Waals surface area contributed by atoms with Gasteiger partial charge in [-0.05, 0) is 38.1 Å². The minimum atomic E-state index is -0.327. The molecule has 2 aromatic rings. The van der Waals surface area contributed by atoms with Crippen LogP contribution in [0, 0.1) is 11.7 Å². The molecule has 1 aromatic heterocycles. The van der Waals surface area contributed by atoms with Crippen LogP contribution < -0.4 is 10.6 Å². The number of hydrogen-bond acceptors (Lipinski definition) is 3. The fourth-order valence-electron chi connectivity index (χ4n) is 2.58. The van der Waals surface area contributed by atoms with Gasteiger partial charge in [-0.3, -0.25) is 10.1 Å². The topological polar surface area (TPSA) is 59.0 Å². The molecule has 1 aliphatic rings. The second-order valence-electron chi connectivity index (χ2n) is 5.14. The summed E-state index contributed by atoms with van der Waals surface area (Å²) in [5, 5.41) is 6.08. The van der Waals surface area contributed by atoms with Crippen molar-refractivity contribution in [3.8, 4) is 0 Å². The molecule has 2 heterocycles. The summed E-state index contributed by atoms with van der Waals surface area (Å²) >= 11 is 0. The van der Waals surface area contributed by atoms with Crippen LogP contribution in [0.3, 0.4) is 0 Å². The number of nitrogens with zero attached hydrogens (tertiary/aromatic N) is 2. The van der Waals surface area contributed by atoms with Gasteiger partial charge in [0.2, 0.25) is 11.9 Å². The number of carbonyl (C=O) groups is 1. The molecular formula is C14H17FN4O. The molecule has 3 rings (SSSR count). The molecule has 0 saturated carbocycles. The number of fused-ring (bicyclic) bond motifs is 1. The highest BCUT2D eigenvalue weighted by Crippen LogP contribution is 2.20. The normalized spacial score (nSPS) is 16.5. The van der Waals surface area contributed by atoms with E-state index in [1.165, 1.54) is 12.1 Å². The Morgan fingerprint density at radius 3 is 2.95 bits per heavy atom. The van der Waals surface area contributed by atoms with E-state index < -0.39 is 0 Å². The summed E-state index contributed by atoms with van der Waals surface area (Å²) in [5.74, 6) is 0.152. The minimum absolute atomic E-state index is 0.00891. The molecule has 0 unspecified atom stereocenters. The van der Waals surface area contributed by atoms with Crippen LogP contribution in [0.25, 0.3) is 11.0 Å². The molecule has 0 aliphatic carbocycles. The molecule has 5 nitrogen and oxygen atoms in total. The smallest absolute Gasteiger partial charge is 0.229 e. The zero-order valence-electron chi connectivity index (χ0n) is 11.3. The third-order valence-corrected chi connectivity index (χ3v) is 3.79. The number of benzene rings is 1. The molecule has 0 spiro atoms. The summed E-state index contributed by atoms with van der Waals surface area (Å²) in [6.45, 7) is 1.73. The molecule has 106 valence electrons. The van der Waals surface area contributed by atoms with Crippen molar-refractivity contribution in [3.63, 3.8) is 0 Å². The number of amides is 1. The Hall–Kier alpha value is -1.95. The standard InChI is InChI=1S/C14H17FN4O/c1-19-12-3-2-10(15)8-11(12)17-14(19)18-13(20)9-4-6-16-7-5-9/h2-3,8-9,16H,4-7H2,1H3,(H,17,18,20). The van der Waals surface area contributed by atoms with Crippen LogP contribution in [0.2, 0.25) is 0 Å². The number of anilines is 1. The Kier molecular flexibility index (Phi) is 3.40. The van der Waals surface area contributed by atoms with E-state index in [-0.39, 0.29) is 17.6 Å². The fraction of sp³-hybridized carbons (Fsp3) is 0.429. The van der Waals surface area contributed by atoms with Gasteiger partial charge >= 0.3 is 0 Å². The maximum Gasteiger partial charge on any atom is 0.229 e. The van der Waals surface area contributed by atoms with Gasteiger partial charge in [-0.15, -0.1) is 0 Å². The number of hydrogen-bond donors (Lipinski definition) is 2. The SMILES string of the molecule is Cn1c(NC(=O)C2CCNCC2)nc2cc(F)ccc21. The Bertz CT molecular complexity index is 646. The molecule has 2 N–H and O–H groups in total. The zero-order chi connectivity index (χ0) is 14.1. The lowest BCUT2D eigenvalue weighted by Crippen LogP contribution is -2.35. The first kappa shape index (κ1) is 13.1. The highest BCUT2D eigenvalue weighted by molar-refractivity contribution is 5.93. The quantitative estimate of drug-likeness (QED) is 0.877. The van der Waals surface area contributed by atoms with E-state index in [0.29, 0.717) is 11.5 Å². The first-order chi connectivity index (χ1) is 9.65. The second-order valence-corrected chi connectivity index (χ2v) is 5.14. The third-order valence-electron chi connectivity index (χ3n) is 3.79. The van der Waals surface area contributed by atoms with E-state index in [0.717, 1.165) is 31.4 Å². The molecule has 1 saturated heterocycles. The number of carbonyl (C=O) groups excluding carboxylic acids is 1. The molecule has 0 bridgehead atoms. The third kappa shape index (κ3) is 2.38. The Balaban J connectivity index is 1.83. The van der Waals surface area contributed by atoms with Crippen molar-refractivity contribution in [3.05, 3.63) is 24.0 Å². The Morgan fingerprint density at radius 2 is 2.20 bits per heavy atom. The first-order valence-corrected chi connectivity index (χ1v) is 6.79. The predicted octanol–water partition coefficient (Wildman–Crippen LogP) is 1.65. The van der Waals surface area contributed by atoms with E-state index >= 15 is 0 Å². The van der Waals surface area contributed by atoms with Gasteiger partial charge in [-0.25, -0.2) is 9.37 Å². The van der Waals surface area contributed by atoms with Crippen LogP contribution in [0.15, 0.2) is 18.2 Å². The highest BCUT2D eigenvalue weighted by Gasteiger charge is 2.22. The zero-order valence-corrected chi connectivity index (χ0v) is 11.3. The maximum atomic E-state index is 13.2. The predicted molar refractivity (Wildman–Crippen MR) is 74.9 cm³/mol. The van der Waals surface area contributed by atoms with E-state index in [9.17, 15) is 9.18 Å². The second kappa shape index (κ2) is 5.20. The van der Waals surface area contributed by atoms with Crippen molar-refractivity contribution in [2.45, 2.75) is 12.8 Å². The van der Waals surface area contributed by atoms with Crippen LogP contribution >= 0.6 is 0 Å². The molecule has 0 radical (unpaired) electrons. The van der Waals surface area contributed by atoms with Gasteiger partial charge in [0.15, 0.2) is 0 Å². The summed E-state index contributed by atoms with van der Waals surface area (Å²) in [6.07, 6.45) is 1.68. The van der Waals surface area contributed by atoms with Crippen LogP contribution in [-0.2, 0) is 11.8 Å². The molecule has 1 aromatic carbocycles. The average molecular weight is 276 g/mol. The monoisotopic (exact) mass is 276 g/mol. The lowest BCUT2D eigenvalue weighted by atomic mass is 9.97. The van der Waals surface area contributed by atoms with Gasteiger partial charge in [0.05, 0.1) is 11.0 Å². The van der Waals surface area contributed by atoms with Crippen molar-refractivity contribution in [2.24, 2.45) is 13.0 Å². The van der Waals surface area contributed by atoms with Crippen LogP contribution in [-0.4, -0.2) is 28.5 Å². The number of aromatic nitrogens is 2. The van der Waals surface area contributed by atoms with E-state index in [2.05, 4.69) is 15.6 Å². The van der Waals surface area contributed by atoms with Crippen molar-refractivity contribution in [1.82, 2.24) is 14.9 Å². The largest absolute Gasteiger partial charge is 0.317 e. The molecule has 6 heteroatoms. The van der Waals surface area contributed by atoms with Gasteiger partial charge in [-0.2, -0.15) is 0 Å². The van der Waals surface area contributed by atoms with E-state index in [1.54, 1.807) is 10.6 Å². The van der Waals surface area contributed by atoms with E-state index in [4.69, 9.17) is 0 Å². The van der Waals surface area contributed by atoms with Gasteiger partial charge in [0.1, 0.15) is 5.82 Å². The summed E-state index contributed by atoms with van der Waals surface area (Å²) in [6, 6.07) is 4.43. The van der Waals surface area contributed by atoms with Gasteiger partial charge < -0.3 is 9.88 Å². The fourth-order valence-corrected chi connectivity index (χ4v) is 2.58. The number of nitrogens with one attached hydrogen (secondary N) is 2. The molecular weight excluding hydrogens is 259 g/mol. The highest BCUT2D eigenvalue weighted by atomic mass is 19.1. The molecule has 20 heavy (non-hydrogen) atoms. The van der Waals surface area contributed by atoms with Gasteiger partial charge in [0, 0.05) is 19.0 Å². The average Bonchev–Trinajstić information content (AvgIpc) is 2.75. The minimum Gasteiger partial charge on any atom is -0.317 e. The first-order valence-electron chi connectivity index (χ1n) is 6.79. The van der Waals surface area contributed by atoms with Crippen LogP contribution in [0.5, 0.6) is 0 Å². The van der Waals surface area contributed by atoms with Crippen molar-refractivity contribution < 1.29 is 9.18 Å². The van der Waals surface area contributed by atoms with Gasteiger partial charge in [-0.1, -0.05) is 0 Å². The van der Waals surface area contributed by atoms with Crippen molar-refractivity contribution >= 4 is 22.9 Å². The van der Waals surface area contributed by atoms with Crippen molar-refractivity contribution in [2.75, 3.05) is 18.4 Å². The maximum absolute atomic E-state index is 13.2. The summed E-state index contributed by atoms with van der Waals surface area (Å²) in [4.78, 5) is 16.5. The van der Waals surface area contributed by atoms with Crippen LogP contribution in [0.1, 0.15) is 12.8 Å². The Morgan fingerprint density at radius 1 is 1.45 bits per heavy atom. The number of aryl methyl sites for hydroxylation is 1.